The van der Waals surface area contributed by atoms with Crippen LogP contribution in [-0.2, 0) is 6.61 Å². The lowest BCUT2D eigenvalue weighted by molar-refractivity contribution is 0.257. The number of anilines is 2. The van der Waals surface area contributed by atoms with E-state index in [2.05, 4.69) is 15.3 Å². The third-order valence-electron chi connectivity index (χ3n) is 2.93. The van der Waals surface area contributed by atoms with Crippen molar-refractivity contribution in [1.29, 1.82) is 5.26 Å². The van der Waals surface area contributed by atoms with Crippen LogP contribution in [0.15, 0.2) is 18.5 Å². The molecule has 2 N–H and O–H groups in total. The summed E-state index contributed by atoms with van der Waals surface area (Å²) in [5, 5.41) is 21.3. The maximum Gasteiger partial charge on any atom is 0.328 e. The number of nitrogens with one attached hydrogen (secondary N) is 1. The van der Waals surface area contributed by atoms with Gasteiger partial charge in [-0.2, -0.15) is 5.26 Å². The molecule has 0 radical (unpaired) electrons. The number of aliphatic hydroxyl groups excluding tert-OH is 1. The molecule has 0 spiro atoms. The van der Waals surface area contributed by atoms with Gasteiger partial charge in [-0.3, -0.25) is 4.90 Å². The predicted molar refractivity (Wildman–Crippen MR) is 67.4 cm³/mol. The molecule has 2 heterocycles. The van der Waals surface area contributed by atoms with E-state index in [1.54, 1.807) is 12.1 Å². The average Bonchev–Trinajstić information content (AvgIpc) is 2.42. The molecular formula is C12H9N5O2. The Bertz CT molecular complexity index is 722. The molecule has 2 aromatic rings. The Balaban J connectivity index is 2.30. The smallest absolute Gasteiger partial charge is 0.328 e. The molecule has 0 bridgehead atoms. The van der Waals surface area contributed by atoms with E-state index in [0.29, 0.717) is 28.0 Å². The quantitative estimate of drug-likeness (QED) is 0.779. The van der Waals surface area contributed by atoms with Crippen molar-refractivity contribution in [3.63, 3.8) is 0 Å². The highest BCUT2D eigenvalue weighted by molar-refractivity contribution is 6.17. The maximum absolute atomic E-state index is 11.9. The first-order valence-corrected chi connectivity index (χ1v) is 5.58. The average molecular weight is 255 g/mol. The van der Waals surface area contributed by atoms with Crippen molar-refractivity contribution < 1.29 is 9.90 Å². The van der Waals surface area contributed by atoms with E-state index in [1.807, 2.05) is 6.07 Å². The topological polar surface area (TPSA) is 102 Å². The van der Waals surface area contributed by atoms with Crippen LogP contribution < -0.4 is 10.2 Å². The molecule has 0 saturated carbocycles. The predicted octanol–water partition coefficient (Wildman–Crippen LogP) is 0.998. The normalized spacial score (nSPS) is 13.3. The molecule has 19 heavy (non-hydrogen) atoms. The first kappa shape index (κ1) is 11.4. The van der Waals surface area contributed by atoms with Crippen LogP contribution in [0.1, 0.15) is 5.56 Å². The summed E-state index contributed by atoms with van der Waals surface area (Å²) in [4.78, 5) is 21.4. The SMILES string of the molecule is N#CCN1C(=O)Nc2cc(CO)cc3ncnc1c23. The molecule has 7 heteroatoms. The molecule has 0 atom stereocenters. The van der Waals surface area contributed by atoms with Crippen LogP contribution in [0.3, 0.4) is 0 Å². The molecule has 0 fully saturated rings. The van der Waals surface area contributed by atoms with Crippen LogP contribution >= 0.6 is 0 Å². The zero-order valence-corrected chi connectivity index (χ0v) is 9.79. The fourth-order valence-corrected chi connectivity index (χ4v) is 2.12. The first-order chi connectivity index (χ1) is 9.24. The van der Waals surface area contributed by atoms with Gasteiger partial charge >= 0.3 is 6.03 Å². The number of carbonyl (C=O) groups excluding carboxylic acids is 1. The van der Waals surface area contributed by atoms with Crippen LogP contribution in [0, 0.1) is 11.3 Å². The number of carbonyl (C=O) groups is 1. The number of aromatic nitrogens is 2. The Morgan fingerprint density at radius 1 is 1.42 bits per heavy atom. The molecule has 7 nitrogen and oxygen atoms in total. The van der Waals surface area contributed by atoms with E-state index in [0.717, 1.165) is 0 Å². The van der Waals surface area contributed by atoms with Crippen molar-refractivity contribution in [2.24, 2.45) is 0 Å². The number of urea groups is 1. The number of nitrogens with zero attached hydrogens (tertiary/aromatic N) is 4. The van der Waals surface area contributed by atoms with Crippen molar-refractivity contribution in [3.05, 3.63) is 24.0 Å². The number of nitriles is 1. The largest absolute Gasteiger partial charge is 0.392 e. The van der Waals surface area contributed by atoms with Crippen LogP contribution in [0.5, 0.6) is 0 Å². The molecule has 0 aliphatic carbocycles. The highest BCUT2D eigenvalue weighted by Crippen LogP contribution is 2.35. The molecule has 1 aliphatic heterocycles. The lowest BCUT2D eigenvalue weighted by Crippen LogP contribution is -2.38. The Morgan fingerprint density at radius 3 is 3.00 bits per heavy atom. The Morgan fingerprint density at radius 2 is 2.26 bits per heavy atom. The van der Waals surface area contributed by atoms with Gasteiger partial charge in [-0.05, 0) is 17.7 Å². The summed E-state index contributed by atoms with van der Waals surface area (Å²) >= 11 is 0. The highest BCUT2D eigenvalue weighted by atomic mass is 16.3. The fourth-order valence-electron chi connectivity index (χ4n) is 2.12. The Labute approximate surface area is 108 Å². The summed E-state index contributed by atoms with van der Waals surface area (Å²) in [7, 11) is 0. The number of rotatable bonds is 2. The van der Waals surface area contributed by atoms with Crippen LogP contribution in [0.4, 0.5) is 16.3 Å². The second-order valence-electron chi connectivity index (χ2n) is 4.07. The van der Waals surface area contributed by atoms with Gasteiger partial charge in [0.25, 0.3) is 0 Å². The minimum Gasteiger partial charge on any atom is -0.392 e. The van der Waals surface area contributed by atoms with Gasteiger partial charge in [0.15, 0.2) is 5.82 Å². The summed E-state index contributed by atoms with van der Waals surface area (Å²) in [6.07, 6.45) is 1.34. The minimum absolute atomic E-state index is 0.0842. The molecule has 94 valence electrons. The van der Waals surface area contributed by atoms with Crippen molar-refractivity contribution in [1.82, 2.24) is 9.97 Å². The van der Waals surface area contributed by atoms with Crippen molar-refractivity contribution in [2.45, 2.75) is 6.61 Å². The van der Waals surface area contributed by atoms with Crippen LogP contribution in [-0.4, -0.2) is 27.7 Å². The minimum atomic E-state index is -0.413. The van der Waals surface area contributed by atoms with Crippen LogP contribution in [0.25, 0.3) is 10.9 Å². The Hall–Kier alpha value is -2.72. The molecule has 0 saturated heterocycles. The summed E-state index contributed by atoms with van der Waals surface area (Å²) in [5.74, 6) is 0.412. The van der Waals surface area contributed by atoms with Gasteiger partial charge in [-0.1, -0.05) is 0 Å². The number of amides is 2. The van der Waals surface area contributed by atoms with E-state index in [-0.39, 0.29) is 13.2 Å². The Kier molecular flexibility index (Phi) is 2.51. The van der Waals surface area contributed by atoms with E-state index in [1.165, 1.54) is 11.2 Å². The van der Waals surface area contributed by atoms with Gasteiger partial charge in [0.1, 0.15) is 12.9 Å². The summed E-state index contributed by atoms with van der Waals surface area (Å²) < 4.78 is 0. The second kappa shape index (κ2) is 4.19. The molecule has 3 rings (SSSR count). The monoisotopic (exact) mass is 255 g/mol. The van der Waals surface area contributed by atoms with E-state index in [4.69, 9.17) is 5.26 Å². The standard InChI is InChI=1S/C12H9N5O2/c13-1-2-17-11-10-8(14-6-15-11)3-7(5-18)4-9(10)16-12(17)19/h3-4,6,18H,2,5H2,(H,16,19). The van der Waals surface area contributed by atoms with Gasteiger partial charge in [-0.15, -0.1) is 0 Å². The van der Waals surface area contributed by atoms with Gasteiger partial charge in [-0.25, -0.2) is 14.8 Å². The van der Waals surface area contributed by atoms with Gasteiger partial charge in [0.05, 0.1) is 29.3 Å². The van der Waals surface area contributed by atoms with Gasteiger partial charge in [0, 0.05) is 0 Å². The highest BCUT2D eigenvalue weighted by Gasteiger charge is 2.27. The second-order valence-corrected chi connectivity index (χ2v) is 4.07. The molecule has 1 aromatic carbocycles. The molecular weight excluding hydrogens is 246 g/mol. The summed E-state index contributed by atoms with van der Waals surface area (Å²) in [6.45, 7) is -0.223. The zero-order chi connectivity index (χ0) is 13.4. The molecule has 1 aromatic heterocycles. The van der Waals surface area contributed by atoms with Crippen LogP contribution in [0.2, 0.25) is 0 Å². The third kappa shape index (κ3) is 1.66. The number of hydrogen-bond donors (Lipinski definition) is 2. The van der Waals surface area contributed by atoms with E-state index < -0.39 is 6.03 Å². The molecule has 1 aliphatic rings. The van der Waals surface area contributed by atoms with Crippen molar-refractivity contribution >= 4 is 28.4 Å². The number of aliphatic hydroxyl groups is 1. The zero-order valence-electron chi connectivity index (χ0n) is 9.79. The molecule has 0 unspecified atom stereocenters. The lowest BCUT2D eigenvalue weighted by atomic mass is 10.1. The summed E-state index contributed by atoms with van der Waals surface area (Å²) in [5.41, 5.74) is 1.83. The number of hydrogen-bond acceptors (Lipinski definition) is 5. The summed E-state index contributed by atoms with van der Waals surface area (Å²) in [6, 6.07) is 4.92. The van der Waals surface area contributed by atoms with Gasteiger partial charge in [0.2, 0.25) is 0 Å². The number of benzene rings is 1. The fraction of sp³-hybridized carbons (Fsp3) is 0.167. The van der Waals surface area contributed by atoms with Gasteiger partial charge < -0.3 is 10.4 Å². The lowest BCUT2D eigenvalue weighted by Gasteiger charge is -2.26. The first-order valence-electron chi connectivity index (χ1n) is 5.58. The van der Waals surface area contributed by atoms with E-state index in [9.17, 15) is 9.90 Å². The van der Waals surface area contributed by atoms with Crippen molar-refractivity contribution in [2.75, 3.05) is 16.8 Å². The third-order valence-corrected chi connectivity index (χ3v) is 2.93. The molecule has 2 amide bonds. The van der Waals surface area contributed by atoms with Crippen molar-refractivity contribution in [3.8, 4) is 6.07 Å². The van der Waals surface area contributed by atoms with E-state index >= 15 is 0 Å². The maximum atomic E-state index is 11.9.